The van der Waals surface area contributed by atoms with Gasteiger partial charge in [-0.2, -0.15) is 0 Å². The smallest absolute Gasteiger partial charge is 0.223 e. The average molecular weight is 356 g/mol. The third-order valence-electron chi connectivity index (χ3n) is 4.19. The Labute approximate surface area is 153 Å². The number of phenols is 1. The van der Waals surface area contributed by atoms with Crippen molar-refractivity contribution in [1.29, 1.82) is 0 Å². The first-order chi connectivity index (χ1) is 12.6. The van der Waals surface area contributed by atoms with Gasteiger partial charge in [-0.15, -0.1) is 0 Å². The van der Waals surface area contributed by atoms with Crippen LogP contribution in [0.15, 0.2) is 48.5 Å². The standard InChI is InChI=1S/C19H20N2O3.CH4O/c22-17-7-5-14(6-8-17)11-20-18(23)9-10-19(24)21-12-15-3-1-2-4-16(15)13-21;1-2/h1-8,22H,9-13H2,(H,20,23);2H,1H3. The first-order valence-corrected chi connectivity index (χ1v) is 8.46. The zero-order valence-electron chi connectivity index (χ0n) is 14.8. The van der Waals surface area contributed by atoms with E-state index in [2.05, 4.69) is 5.32 Å². The molecule has 0 aromatic heterocycles. The number of aliphatic hydroxyl groups excluding tert-OH is 1. The van der Waals surface area contributed by atoms with Crippen LogP contribution in [0.4, 0.5) is 0 Å². The Bertz CT molecular complexity index is 719. The number of fused-ring (bicyclic) bond motifs is 1. The lowest BCUT2D eigenvalue weighted by Crippen LogP contribution is -2.28. The monoisotopic (exact) mass is 356 g/mol. The molecule has 6 heteroatoms. The van der Waals surface area contributed by atoms with Crippen molar-refractivity contribution >= 4 is 11.8 Å². The van der Waals surface area contributed by atoms with Gasteiger partial charge in [0, 0.05) is 39.6 Å². The second-order valence-corrected chi connectivity index (χ2v) is 5.96. The maximum absolute atomic E-state index is 12.2. The number of amides is 2. The number of nitrogens with zero attached hydrogens (tertiary/aromatic N) is 1. The number of nitrogens with one attached hydrogen (secondary N) is 1. The van der Waals surface area contributed by atoms with Gasteiger partial charge < -0.3 is 20.4 Å². The molecule has 0 saturated carbocycles. The van der Waals surface area contributed by atoms with Crippen molar-refractivity contribution in [3.05, 3.63) is 65.2 Å². The molecule has 0 bridgehead atoms. The van der Waals surface area contributed by atoms with E-state index in [-0.39, 0.29) is 30.4 Å². The molecule has 26 heavy (non-hydrogen) atoms. The van der Waals surface area contributed by atoms with Crippen LogP contribution in [0, 0.1) is 0 Å². The molecule has 1 aliphatic heterocycles. The third kappa shape index (κ3) is 5.32. The topological polar surface area (TPSA) is 89.9 Å². The van der Waals surface area contributed by atoms with Crippen molar-refractivity contribution in [1.82, 2.24) is 10.2 Å². The van der Waals surface area contributed by atoms with Crippen LogP contribution >= 0.6 is 0 Å². The maximum atomic E-state index is 12.2. The van der Waals surface area contributed by atoms with Crippen LogP contribution in [0.3, 0.4) is 0 Å². The predicted molar refractivity (Wildman–Crippen MR) is 98.0 cm³/mol. The van der Waals surface area contributed by atoms with Crippen LogP contribution in [-0.2, 0) is 29.2 Å². The number of hydrogen-bond donors (Lipinski definition) is 3. The van der Waals surface area contributed by atoms with Crippen LogP contribution in [0.1, 0.15) is 29.5 Å². The summed E-state index contributed by atoms with van der Waals surface area (Å²) < 4.78 is 0. The molecule has 6 nitrogen and oxygen atoms in total. The Morgan fingerprint density at radius 2 is 1.54 bits per heavy atom. The van der Waals surface area contributed by atoms with Crippen LogP contribution in [0.2, 0.25) is 0 Å². The molecule has 2 aromatic carbocycles. The Morgan fingerprint density at radius 3 is 2.12 bits per heavy atom. The first-order valence-electron chi connectivity index (χ1n) is 8.46. The van der Waals surface area contributed by atoms with Crippen LogP contribution in [0.25, 0.3) is 0 Å². The first kappa shape index (κ1) is 19.5. The Morgan fingerprint density at radius 1 is 0.962 bits per heavy atom. The minimum Gasteiger partial charge on any atom is -0.508 e. The van der Waals surface area contributed by atoms with Gasteiger partial charge in [0.1, 0.15) is 5.75 Å². The summed E-state index contributed by atoms with van der Waals surface area (Å²) in [6, 6.07) is 14.7. The average Bonchev–Trinajstić information content (AvgIpc) is 3.11. The van der Waals surface area contributed by atoms with Crippen molar-refractivity contribution < 1.29 is 19.8 Å². The summed E-state index contributed by atoms with van der Waals surface area (Å²) in [4.78, 5) is 25.9. The molecular weight excluding hydrogens is 332 g/mol. The number of rotatable bonds is 5. The second-order valence-electron chi connectivity index (χ2n) is 5.96. The van der Waals surface area contributed by atoms with Crippen LogP contribution in [-0.4, -0.2) is 34.0 Å². The molecule has 0 aliphatic carbocycles. The van der Waals surface area contributed by atoms with Gasteiger partial charge in [-0.1, -0.05) is 36.4 Å². The summed E-state index contributed by atoms with van der Waals surface area (Å²) in [5.41, 5.74) is 3.27. The summed E-state index contributed by atoms with van der Waals surface area (Å²) >= 11 is 0. The number of carbonyl (C=O) groups is 2. The van der Waals surface area contributed by atoms with E-state index < -0.39 is 0 Å². The van der Waals surface area contributed by atoms with Crippen molar-refractivity contribution in [2.24, 2.45) is 0 Å². The number of benzene rings is 2. The third-order valence-corrected chi connectivity index (χ3v) is 4.19. The van der Waals surface area contributed by atoms with Gasteiger partial charge >= 0.3 is 0 Å². The number of carbonyl (C=O) groups excluding carboxylic acids is 2. The summed E-state index contributed by atoms with van der Waals surface area (Å²) in [5, 5.41) is 19.0. The SMILES string of the molecule is CO.O=C(CCC(=O)N1Cc2ccccc2C1)NCc1ccc(O)cc1. The summed E-state index contributed by atoms with van der Waals surface area (Å²) in [6.45, 7) is 1.65. The highest BCUT2D eigenvalue weighted by Gasteiger charge is 2.22. The molecule has 0 fully saturated rings. The lowest BCUT2D eigenvalue weighted by atomic mass is 10.1. The van der Waals surface area contributed by atoms with E-state index >= 15 is 0 Å². The summed E-state index contributed by atoms with van der Waals surface area (Å²) in [6.07, 6.45) is 0.402. The molecule has 0 unspecified atom stereocenters. The summed E-state index contributed by atoms with van der Waals surface area (Å²) in [7, 11) is 1.00. The lowest BCUT2D eigenvalue weighted by molar-refractivity contribution is -0.134. The predicted octanol–water partition coefficient (Wildman–Crippen LogP) is 1.94. The van der Waals surface area contributed by atoms with E-state index in [1.54, 1.807) is 29.2 Å². The number of aromatic hydroxyl groups is 1. The molecule has 3 N–H and O–H groups in total. The van der Waals surface area contributed by atoms with E-state index in [0.29, 0.717) is 19.6 Å². The number of aliphatic hydroxyl groups is 1. The van der Waals surface area contributed by atoms with E-state index in [1.807, 2.05) is 24.3 Å². The van der Waals surface area contributed by atoms with Crippen LogP contribution in [0.5, 0.6) is 5.75 Å². The molecule has 0 spiro atoms. The molecule has 2 aromatic rings. The highest BCUT2D eigenvalue weighted by molar-refractivity contribution is 5.84. The molecule has 1 heterocycles. The van der Waals surface area contributed by atoms with E-state index in [0.717, 1.165) is 12.7 Å². The summed E-state index contributed by atoms with van der Waals surface area (Å²) in [5.74, 6) is 0.0569. The number of phenolic OH excluding ortho intramolecular Hbond substituents is 1. The molecule has 0 atom stereocenters. The zero-order chi connectivity index (χ0) is 18.9. The molecule has 138 valence electrons. The molecule has 0 radical (unpaired) electrons. The van der Waals surface area contributed by atoms with E-state index in [4.69, 9.17) is 5.11 Å². The van der Waals surface area contributed by atoms with Gasteiger partial charge in [-0.25, -0.2) is 0 Å². The zero-order valence-corrected chi connectivity index (χ0v) is 14.8. The fourth-order valence-corrected chi connectivity index (χ4v) is 2.79. The second kappa shape index (κ2) is 9.58. The van der Waals surface area contributed by atoms with Crippen LogP contribution < -0.4 is 5.32 Å². The van der Waals surface area contributed by atoms with Gasteiger partial charge in [0.25, 0.3) is 0 Å². The van der Waals surface area contributed by atoms with Gasteiger partial charge in [0.2, 0.25) is 11.8 Å². The lowest BCUT2D eigenvalue weighted by Gasteiger charge is -2.15. The Balaban J connectivity index is 0.00000117. The normalized spacial score (nSPS) is 12.0. The van der Waals surface area contributed by atoms with Crippen molar-refractivity contribution in [2.45, 2.75) is 32.5 Å². The molecule has 3 rings (SSSR count). The van der Waals surface area contributed by atoms with Crippen molar-refractivity contribution in [3.63, 3.8) is 0 Å². The van der Waals surface area contributed by atoms with E-state index in [1.165, 1.54) is 11.1 Å². The van der Waals surface area contributed by atoms with Crippen molar-refractivity contribution in [2.75, 3.05) is 7.11 Å². The fraction of sp³-hybridized carbons (Fsp3) is 0.300. The largest absolute Gasteiger partial charge is 0.508 e. The molecule has 1 aliphatic rings. The minimum atomic E-state index is -0.145. The molecular formula is C20H24N2O4. The fourth-order valence-electron chi connectivity index (χ4n) is 2.79. The van der Waals surface area contributed by atoms with Gasteiger partial charge in [0.05, 0.1) is 0 Å². The van der Waals surface area contributed by atoms with Gasteiger partial charge in [0.15, 0.2) is 0 Å². The molecule has 2 amide bonds. The Kier molecular flexibility index (Phi) is 7.17. The maximum Gasteiger partial charge on any atom is 0.223 e. The van der Waals surface area contributed by atoms with Crippen molar-refractivity contribution in [3.8, 4) is 5.75 Å². The van der Waals surface area contributed by atoms with E-state index in [9.17, 15) is 14.7 Å². The number of hydrogen-bond acceptors (Lipinski definition) is 4. The van der Waals surface area contributed by atoms with Gasteiger partial charge in [-0.05, 0) is 28.8 Å². The molecule has 0 saturated heterocycles. The highest BCUT2D eigenvalue weighted by Crippen LogP contribution is 2.22. The van der Waals surface area contributed by atoms with Gasteiger partial charge in [-0.3, -0.25) is 9.59 Å². The Hall–Kier alpha value is -2.86. The minimum absolute atomic E-state index is 0.00554. The quantitative estimate of drug-likeness (QED) is 0.764. The highest BCUT2D eigenvalue weighted by atomic mass is 16.3.